The number of carbonyl (C=O) groups excluding carboxylic acids is 4. The van der Waals surface area contributed by atoms with Crippen LogP contribution in [-0.2, 0) is 19.1 Å². The van der Waals surface area contributed by atoms with Crippen LogP contribution in [0.1, 0.15) is 84.4 Å². The zero-order valence-corrected chi connectivity index (χ0v) is 22.5. The first-order chi connectivity index (χ1) is 16.7. The normalized spacial score (nSPS) is 13.8. The highest BCUT2D eigenvalue weighted by Crippen LogP contribution is 2.27. The molecule has 4 amide bonds. The molecule has 0 aromatic heterocycles. The highest BCUT2D eigenvalue weighted by molar-refractivity contribution is 5.92. The molecule has 0 bridgehead atoms. The van der Waals surface area contributed by atoms with E-state index in [-0.39, 0.29) is 37.1 Å². The molecular weight excluding hydrogens is 464 g/mol. The first kappa shape index (κ1) is 30.7. The number of aromatic hydroxyl groups is 1. The number of nitrogens with zero attached hydrogens (tertiary/aromatic N) is 1. The van der Waals surface area contributed by atoms with Crippen LogP contribution in [0, 0.1) is 6.92 Å². The molecule has 202 valence electrons. The van der Waals surface area contributed by atoms with Gasteiger partial charge < -0.3 is 31.1 Å². The molecule has 1 aromatic rings. The summed E-state index contributed by atoms with van der Waals surface area (Å²) in [7, 11) is 0. The zero-order chi connectivity index (χ0) is 27.6. The Morgan fingerprint density at radius 1 is 1.11 bits per heavy atom. The molecule has 0 radical (unpaired) electrons. The lowest BCUT2D eigenvalue weighted by Gasteiger charge is -2.34. The molecular formula is C26H42N4O6. The highest BCUT2D eigenvalue weighted by atomic mass is 16.6. The third kappa shape index (κ3) is 9.75. The topological polar surface area (TPSA) is 151 Å². The summed E-state index contributed by atoms with van der Waals surface area (Å²) < 4.78 is 5.30. The van der Waals surface area contributed by atoms with Crippen LogP contribution in [0.15, 0.2) is 18.2 Å². The number of amides is 4. The van der Waals surface area contributed by atoms with Gasteiger partial charge in [0.25, 0.3) is 0 Å². The quantitative estimate of drug-likeness (QED) is 0.342. The van der Waals surface area contributed by atoms with E-state index in [1.807, 2.05) is 13.8 Å². The lowest BCUT2D eigenvalue weighted by atomic mass is 9.99. The van der Waals surface area contributed by atoms with Crippen LogP contribution in [0.2, 0.25) is 0 Å². The fourth-order valence-electron chi connectivity index (χ4n) is 3.81. The fraction of sp³-hybridized carbons (Fsp3) is 0.615. The molecule has 10 heteroatoms. The van der Waals surface area contributed by atoms with E-state index in [0.717, 1.165) is 12.8 Å². The number of phenols is 1. The minimum atomic E-state index is -1.14. The van der Waals surface area contributed by atoms with E-state index in [0.29, 0.717) is 11.1 Å². The van der Waals surface area contributed by atoms with Crippen molar-refractivity contribution >= 4 is 23.8 Å². The van der Waals surface area contributed by atoms with Crippen LogP contribution >= 0.6 is 0 Å². The molecule has 0 aliphatic rings. The lowest BCUT2D eigenvalue weighted by molar-refractivity contribution is -0.142. The number of phenolic OH excluding ortho intramolecular Hbond substituents is 1. The molecule has 0 aliphatic heterocycles. The van der Waals surface area contributed by atoms with Crippen molar-refractivity contribution in [3.63, 3.8) is 0 Å². The standard InChI is InChI=1S/C26H42N4O6/c1-8-10-17(4)28-23(33)22(18-11-13-20(31)16(3)15-18)30(9-2)24(34)19(12-14-21(27)32)29-25(35)36-26(5,6)7/h11,13,15,17,19,22,31H,8-10,12,14H2,1-7H3,(H2,27,32)(H,28,33)(H,29,35). The van der Waals surface area contributed by atoms with Gasteiger partial charge in [0.05, 0.1) is 0 Å². The van der Waals surface area contributed by atoms with Crippen LogP contribution in [-0.4, -0.2) is 58.1 Å². The van der Waals surface area contributed by atoms with Gasteiger partial charge in [-0.2, -0.15) is 0 Å². The maximum atomic E-state index is 13.7. The largest absolute Gasteiger partial charge is 0.508 e. The second-order valence-electron chi connectivity index (χ2n) is 9.97. The molecule has 0 saturated carbocycles. The molecule has 3 atom stereocenters. The van der Waals surface area contributed by atoms with Gasteiger partial charge in [-0.25, -0.2) is 4.79 Å². The number of aryl methyl sites for hydroxylation is 1. The predicted molar refractivity (Wildman–Crippen MR) is 137 cm³/mol. The van der Waals surface area contributed by atoms with Gasteiger partial charge in [0.1, 0.15) is 23.4 Å². The number of hydrogen-bond donors (Lipinski definition) is 4. The van der Waals surface area contributed by atoms with Crippen molar-refractivity contribution in [2.45, 2.75) is 97.9 Å². The van der Waals surface area contributed by atoms with Gasteiger partial charge in [-0.15, -0.1) is 0 Å². The summed E-state index contributed by atoms with van der Waals surface area (Å²) in [5, 5.41) is 15.5. The van der Waals surface area contributed by atoms with Gasteiger partial charge in [-0.05, 0) is 77.6 Å². The molecule has 0 saturated heterocycles. The maximum Gasteiger partial charge on any atom is 0.408 e. The Kier molecular flexibility index (Phi) is 11.7. The summed E-state index contributed by atoms with van der Waals surface area (Å²) in [6.45, 7) is 12.5. The molecule has 36 heavy (non-hydrogen) atoms. The predicted octanol–water partition coefficient (Wildman–Crippen LogP) is 3.05. The number of ether oxygens (including phenoxy) is 1. The van der Waals surface area contributed by atoms with E-state index in [9.17, 15) is 24.3 Å². The average molecular weight is 507 g/mol. The van der Waals surface area contributed by atoms with Gasteiger partial charge >= 0.3 is 6.09 Å². The van der Waals surface area contributed by atoms with Crippen LogP contribution in [0.4, 0.5) is 4.79 Å². The van der Waals surface area contributed by atoms with Crippen molar-refractivity contribution in [3.8, 4) is 5.75 Å². The smallest absolute Gasteiger partial charge is 0.408 e. The van der Waals surface area contributed by atoms with Crippen LogP contribution < -0.4 is 16.4 Å². The molecule has 0 aliphatic carbocycles. The molecule has 0 heterocycles. The van der Waals surface area contributed by atoms with Crippen molar-refractivity contribution in [2.24, 2.45) is 5.73 Å². The molecule has 5 N–H and O–H groups in total. The number of alkyl carbamates (subject to hydrolysis) is 1. The van der Waals surface area contributed by atoms with Gasteiger partial charge in [0, 0.05) is 19.0 Å². The average Bonchev–Trinajstić information content (AvgIpc) is 2.75. The monoisotopic (exact) mass is 506 g/mol. The van der Waals surface area contributed by atoms with Gasteiger partial charge in [0.2, 0.25) is 17.7 Å². The highest BCUT2D eigenvalue weighted by Gasteiger charge is 2.36. The van der Waals surface area contributed by atoms with Gasteiger partial charge in [0.15, 0.2) is 0 Å². The lowest BCUT2D eigenvalue weighted by Crippen LogP contribution is -2.53. The number of rotatable bonds is 12. The summed E-state index contributed by atoms with van der Waals surface area (Å²) >= 11 is 0. The first-order valence-electron chi connectivity index (χ1n) is 12.4. The zero-order valence-electron chi connectivity index (χ0n) is 22.5. The van der Waals surface area contributed by atoms with E-state index in [1.54, 1.807) is 46.8 Å². The summed E-state index contributed by atoms with van der Waals surface area (Å²) in [6.07, 6.45) is 0.607. The number of nitrogens with two attached hydrogens (primary N) is 1. The maximum absolute atomic E-state index is 13.7. The Morgan fingerprint density at radius 3 is 2.25 bits per heavy atom. The van der Waals surface area contributed by atoms with Crippen molar-refractivity contribution < 1.29 is 29.0 Å². The third-order valence-electron chi connectivity index (χ3n) is 5.50. The van der Waals surface area contributed by atoms with Crippen molar-refractivity contribution in [2.75, 3.05) is 6.54 Å². The Hall–Kier alpha value is -3.30. The number of hydrogen-bond acceptors (Lipinski definition) is 6. The Morgan fingerprint density at radius 2 is 1.75 bits per heavy atom. The molecule has 0 fully saturated rings. The van der Waals surface area contributed by atoms with E-state index in [1.165, 1.54) is 11.0 Å². The Bertz CT molecular complexity index is 927. The molecule has 10 nitrogen and oxygen atoms in total. The molecule has 1 aromatic carbocycles. The fourth-order valence-corrected chi connectivity index (χ4v) is 3.81. The minimum Gasteiger partial charge on any atom is -0.508 e. The summed E-state index contributed by atoms with van der Waals surface area (Å²) in [4.78, 5) is 52.5. The number of primary amides is 1. The van der Waals surface area contributed by atoms with Gasteiger partial charge in [-0.3, -0.25) is 14.4 Å². The summed E-state index contributed by atoms with van der Waals surface area (Å²) in [5.41, 5.74) is 5.56. The summed E-state index contributed by atoms with van der Waals surface area (Å²) in [6, 6.07) is 2.42. The SMILES string of the molecule is CCCC(C)NC(=O)C(c1ccc(O)c(C)c1)N(CC)C(=O)C(CCC(N)=O)NC(=O)OC(C)(C)C. The molecule has 0 spiro atoms. The second kappa shape index (κ2) is 13.7. The summed E-state index contributed by atoms with van der Waals surface area (Å²) in [5.74, 6) is -1.50. The van der Waals surface area contributed by atoms with Crippen molar-refractivity contribution in [1.82, 2.24) is 15.5 Å². The first-order valence-corrected chi connectivity index (χ1v) is 12.4. The number of likely N-dealkylation sites (N-methyl/N-ethyl adjacent to an activating group) is 1. The minimum absolute atomic E-state index is 0.0565. The second-order valence-corrected chi connectivity index (χ2v) is 9.97. The molecule has 1 rings (SSSR count). The van der Waals surface area contributed by atoms with Crippen LogP contribution in [0.3, 0.4) is 0 Å². The van der Waals surface area contributed by atoms with E-state index < -0.39 is 35.6 Å². The Balaban J connectivity index is 3.42. The van der Waals surface area contributed by atoms with E-state index >= 15 is 0 Å². The number of benzene rings is 1. The van der Waals surface area contributed by atoms with E-state index in [2.05, 4.69) is 10.6 Å². The molecule has 3 unspecified atom stereocenters. The van der Waals surface area contributed by atoms with E-state index in [4.69, 9.17) is 10.5 Å². The van der Waals surface area contributed by atoms with Gasteiger partial charge in [-0.1, -0.05) is 19.4 Å². The van der Waals surface area contributed by atoms with Crippen molar-refractivity contribution in [1.29, 1.82) is 0 Å². The van der Waals surface area contributed by atoms with Crippen molar-refractivity contribution in [3.05, 3.63) is 29.3 Å². The third-order valence-corrected chi connectivity index (χ3v) is 5.50. The number of carbonyl (C=O) groups is 4. The van der Waals surface area contributed by atoms with Crippen LogP contribution in [0.25, 0.3) is 0 Å². The van der Waals surface area contributed by atoms with Crippen LogP contribution in [0.5, 0.6) is 5.75 Å². The number of nitrogens with one attached hydrogen (secondary N) is 2. The Labute approximate surface area is 213 Å².